The van der Waals surface area contributed by atoms with E-state index in [4.69, 9.17) is 19.2 Å². The lowest BCUT2D eigenvalue weighted by Gasteiger charge is -2.29. The number of ether oxygens (including phenoxy) is 3. The van der Waals surface area contributed by atoms with Crippen LogP contribution in [-0.2, 0) is 27.9 Å². The fraction of sp³-hybridized carbons (Fsp3) is 0.488. The summed E-state index contributed by atoms with van der Waals surface area (Å²) in [6.07, 6.45) is 6.32. The Bertz CT molecular complexity index is 2140. The average molecular weight is 707 g/mol. The Morgan fingerprint density at radius 1 is 1.12 bits per heavy atom. The molecule has 0 spiro atoms. The maximum absolute atomic E-state index is 13.7. The van der Waals surface area contributed by atoms with Crippen LogP contribution in [0.4, 0.5) is 4.79 Å². The molecule has 11 heteroatoms. The Morgan fingerprint density at radius 3 is 2.62 bits per heavy atom. The Hall–Kier alpha value is -4.77. The molecule has 2 aromatic carbocycles. The first-order valence-corrected chi connectivity index (χ1v) is 18.6. The van der Waals surface area contributed by atoms with Crippen LogP contribution >= 0.6 is 0 Å². The highest BCUT2D eigenvalue weighted by molar-refractivity contribution is 5.93. The molecule has 1 unspecified atom stereocenters. The average Bonchev–Trinajstić information content (AvgIpc) is 3.76. The maximum atomic E-state index is 13.7. The number of fused-ring (bicyclic) bond motifs is 3. The van der Waals surface area contributed by atoms with Gasteiger partial charge in [0.25, 0.3) is 0 Å². The zero-order valence-corrected chi connectivity index (χ0v) is 31.6. The van der Waals surface area contributed by atoms with E-state index in [9.17, 15) is 9.59 Å². The molecule has 3 atom stereocenters. The molecule has 3 aromatic heterocycles. The summed E-state index contributed by atoms with van der Waals surface area (Å²) >= 11 is 0. The van der Waals surface area contributed by atoms with Crippen molar-refractivity contribution in [2.24, 2.45) is 7.05 Å². The van der Waals surface area contributed by atoms with Crippen LogP contribution in [0.25, 0.3) is 21.9 Å². The van der Waals surface area contributed by atoms with Crippen LogP contribution < -0.4 is 4.74 Å². The molecule has 2 aliphatic rings. The molecule has 0 N–H and O–H groups in total. The van der Waals surface area contributed by atoms with Crippen LogP contribution in [0.5, 0.6) is 5.75 Å². The maximum Gasteiger partial charge on any atom is 0.418 e. The van der Waals surface area contributed by atoms with E-state index in [0.29, 0.717) is 19.0 Å². The molecular weight excluding hydrogens is 656 g/mol. The van der Waals surface area contributed by atoms with Gasteiger partial charge in [0.05, 0.1) is 35.8 Å². The lowest BCUT2D eigenvalue weighted by molar-refractivity contribution is -0.143. The third-order valence-corrected chi connectivity index (χ3v) is 10.5. The monoisotopic (exact) mass is 706 g/mol. The van der Waals surface area contributed by atoms with E-state index < -0.39 is 11.7 Å². The lowest BCUT2D eigenvalue weighted by atomic mass is 9.83. The fourth-order valence-electron chi connectivity index (χ4n) is 7.68. The van der Waals surface area contributed by atoms with Gasteiger partial charge in [0, 0.05) is 43.8 Å². The Balaban J connectivity index is 1.42. The number of pyridine rings is 1. The minimum Gasteiger partial charge on any atom is -0.487 e. The summed E-state index contributed by atoms with van der Waals surface area (Å²) < 4.78 is 21.4. The predicted octanol–water partition coefficient (Wildman–Crippen LogP) is 8.11. The van der Waals surface area contributed by atoms with Gasteiger partial charge < -0.3 is 14.2 Å². The highest BCUT2D eigenvalue weighted by atomic mass is 16.6. The molecule has 274 valence electrons. The summed E-state index contributed by atoms with van der Waals surface area (Å²) in [5, 5.41) is 9.95. The van der Waals surface area contributed by atoms with E-state index in [1.165, 1.54) is 5.56 Å². The number of esters is 1. The quantitative estimate of drug-likeness (QED) is 0.140. The zero-order chi connectivity index (χ0) is 36.9. The van der Waals surface area contributed by atoms with Crippen molar-refractivity contribution in [3.8, 4) is 5.75 Å². The minimum absolute atomic E-state index is 0.0169. The van der Waals surface area contributed by atoms with Crippen LogP contribution in [0.2, 0.25) is 0 Å². The van der Waals surface area contributed by atoms with Crippen molar-refractivity contribution < 1.29 is 23.8 Å². The van der Waals surface area contributed by atoms with Crippen molar-refractivity contribution in [1.82, 2.24) is 29.4 Å². The van der Waals surface area contributed by atoms with Gasteiger partial charge in [0.15, 0.2) is 0 Å². The van der Waals surface area contributed by atoms with E-state index in [1.54, 1.807) is 10.8 Å². The van der Waals surface area contributed by atoms with Crippen LogP contribution in [0.3, 0.4) is 0 Å². The van der Waals surface area contributed by atoms with E-state index >= 15 is 0 Å². The molecule has 5 aromatic rings. The van der Waals surface area contributed by atoms with Gasteiger partial charge in [-0.2, -0.15) is 0 Å². The number of rotatable bonds is 9. The fourth-order valence-corrected chi connectivity index (χ4v) is 7.68. The molecule has 7 rings (SSSR count). The first-order chi connectivity index (χ1) is 24.9. The van der Waals surface area contributed by atoms with Crippen molar-refractivity contribution >= 4 is 34.0 Å². The summed E-state index contributed by atoms with van der Waals surface area (Å²) in [6.45, 7) is 15.4. The zero-order valence-electron chi connectivity index (χ0n) is 31.6. The van der Waals surface area contributed by atoms with Crippen molar-refractivity contribution in [3.05, 3.63) is 82.3 Å². The molecule has 0 radical (unpaired) electrons. The summed E-state index contributed by atoms with van der Waals surface area (Å²) in [6, 6.07) is 12.4. The third-order valence-electron chi connectivity index (χ3n) is 10.5. The van der Waals surface area contributed by atoms with E-state index in [1.807, 2.05) is 69.9 Å². The number of aromatic nitrogens is 5. The lowest BCUT2D eigenvalue weighted by Crippen LogP contribution is -2.34. The largest absolute Gasteiger partial charge is 0.487 e. The molecule has 0 amide bonds. The van der Waals surface area contributed by atoms with E-state index in [2.05, 4.69) is 48.1 Å². The highest BCUT2D eigenvalue weighted by Crippen LogP contribution is 2.46. The number of hydrogen-bond donors (Lipinski definition) is 0. The summed E-state index contributed by atoms with van der Waals surface area (Å²) in [5.74, 6) is 0.591. The van der Waals surface area contributed by atoms with Gasteiger partial charge >= 0.3 is 12.1 Å². The number of aryl methyl sites for hydroxylation is 2. The number of hydrogen-bond acceptors (Lipinski definition) is 9. The normalized spacial score (nSPS) is 18.5. The van der Waals surface area contributed by atoms with Gasteiger partial charge in [-0.1, -0.05) is 24.3 Å². The number of nitrogens with zero attached hydrogens (tertiary/aromatic N) is 6. The minimum atomic E-state index is -0.681. The first kappa shape index (κ1) is 35.6. The molecule has 0 bridgehead atoms. The Labute approximate surface area is 305 Å². The van der Waals surface area contributed by atoms with E-state index in [0.717, 1.165) is 74.9 Å². The van der Waals surface area contributed by atoms with Crippen LogP contribution in [0.1, 0.15) is 119 Å². The summed E-state index contributed by atoms with van der Waals surface area (Å²) in [5.41, 5.74) is 8.00. The second-order valence-corrected chi connectivity index (χ2v) is 15.3. The van der Waals surface area contributed by atoms with Crippen LogP contribution in [0, 0.1) is 6.92 Å². The molecule has 11 nitrogen and oxygen atoms in total. The Kier molecular flexibility index (Phi) is 9.58. The second-order valence-electron chi connectivity index (χ2n) is 15.3. The first-order valence-electron chi connectivity index (χ1n) is 18.6. The van der Waals surface area contributed by atoms with Gasteiger partial charge in [-0.3, -0.25) is 19.2 Å². The predicted molar refractivity (Wildman–Crippen MR) is 200 cm³/mol. The van der Waals surface area contributed by atoms with Gasteiger partial charge in [0.1, 0.15) is 23.0 Å². The van der Waals surface area contributed by atoms with Gasteiger partial charge in [-0.25, -0.2) is 9.48 Å². The molecule has 1 aliphatic carbocycles. The molecular formula is C41H50N6O5. The summed E-state index contributed by atoms with van der Waals surface area (Å²) in [7, 11) is 1.94. The molecule has 1 fully saturated rings. The van der Waals surface area contributed by atoms with Crippen LogP contribution in [-0.4, -0.2) is 66.4 Å². The molecule has 1 saturated carbocycles. The van der Waals surface area contributed by atoms with Gasteiger partial charge in [-0.15, -0.1) is 5.10 Å². The highest BCUT2D eigenvalue weighted by Gasteiger charge is 2.33. The van der Waals surface area contributed by atoms with Crippen molar-refractivity contribution in [2.75, 3.05) is 13.2 Å². The van der Waals surface area contributed by atoms with Crippen molar-refractivity contribution in [3.63, 3.8) is 0 Å². The summed E-state index contributed by atoms with van der Waals surface area (Å²) in [4.78, 5) is 34.3. The standard InChI is InChI=1S/C41H50N6O5/c1-9-29-23-46(25(4)38-35(51-29)12-11-16-42-38)22-28-18-27(19-34-30(28)15-17-47(34)40(49)52-41(5,6)7)32(21-36(48)50-10-2)31-20-33(26-13-14-26)39-37(24(31)3)43-44-45(39)8/h11-12,15-20,25-26,29,32H,9-10,13-14,21-23H2,1-8H3/t25-,29+,32?/m0/s1. The van der Waals surface area contributed by atoms with Crippen molar-refractivity contribution in [1.29, 1.82) is 0 Å². The molecule has 1 aliphatic heterocycles. The second kappa shape index (κ2) is 14.0. The van der Waals surface area contributed by atoms with Crippen molar-refractivity contribution in [2.45, 2.75) is 110 Å². The topological polar surface area (TPSA) is 114 Å². The van der Waals surface area contributed by atoms with Gasteiger partial charge in [0.2, 0.25) is 0 Å². The number of benzene rings is 2. The van der Waals surface area contributed by atoms with Gasteiger partial charge in [-0.05, 0) is 119 Å². The number of carbonyl (C=O) groups is 2. The SMILES string of the molecule is CCOC(=O)CC(c1cc(CN2C[C@@H](CC)Oc3cccnc3[C@@H]2C)c2ccn(C(=O)OC(C)(C)C)c2c1)c1cc(C2CC2)c2c(nnn2C)c1C. The van der Waals surface area contributed by atoms with Crippen LogP contribution in [0.15, 0.2) is 48.8 Å². The molecule has 4 heterocycles. The number of carbonyl (C=O) groups excluding carboxylic acids is 2. The third kappa shape index (κ3) is 6.90. The molecule has 0 saturated heterocycles. The van der Waals surface area contributed by atoms with E-state index in [-0.39, 0.29) is 37.1 Å². The smallest absolute Gasteiger partial charge is 0.418 e. The molecule has 52 heavy (non-hydrogen) atoms. The Morgan fingerprint density at radius 2 is 1.90 bits per heavy atom.